The molecule has 35 heavy (non-hydrogen) atoms. The van der Waals surface area contributed by atoms with Gasteiger partial charge in [0.1, 0.15) is 11.8 Å². The molecule has 3 aromatic heterocycles. The lowest BCUT2D eigenvalue weighted by atomic mass is 9.88. The monoisotopic (exact) mass is 481 g/mol. The summed E-state index contributed by atoms with van der Waals surface area (Å²) in [5.41, 5.74) is 7.57. The van der Waals surface area contributed by atoms with E-state index in [0.29, 0.717) is 22.7 Å². The molecule has 0 atom stereocenters. The van der Waals surface area contributed by atoms with Crippen LogP contribution in [-0.4, -0.2) is 62.3 Å². The predicted octanol–water partition coefficient (Wildman–Crippen LogP) is 1.56. The maximum absolute atomic E-state index is 13.3. The topological polar surface area (TPSA) is 157 Å². The van der Waals surface area contributed by atoms with E-state index in [4.69, 9.17) is 10.5 Å². The molecule has 2 amide bonds. The SMILES string of the molecule is COc1cc(-c2cc(C(=O)N[C@H]3CC[C@H](NC(=O)C(C)(C)CO)CC3)c3c(N)ncnn23)ccn1. The number of amides is 2. The highest BCUT2D eigenvalue weighted by atomic mass is 16.5. The van der Waals surface area contributed by atoms with E-state index in [9.17, 15) is 14.7 Å². The van der Waals surface area contributed by atoms with E-state index in [2.05, 4.69) is 25.7 Å². The van der Waals surface area contributed by atoms with Crippen molar-refractivity contribution in [2.24, 2.45) is 5.41 Å². The van der Waals surface area contributed by atoms with Crippen molar-refractivity contribution in [2.75, 3.05) is 19.5 Å². The molecule has 0 aliphatic heterocycles. The Balaban J connectivity index is 1.50. The number of carbonyl (C=O) groups excluding carboxylic acids is 2. The molecular weight excluding hydrogens is 450 g/mol. The number of pyridine rings is 1. The largest absolute Gasteiger partial charge is 0.481 e. The van der Waals surface area contributed by atoms with E-state index in [1.54, 1.807) is 42.8 Å². The van der Waals surface area contributed by atoms with Gasteiger partial charge in [-0.05, 0) is 51.7 Å². The van der Waals surface area contributed by atoms with Crippen LogP contribution < -0.4 is 21.1 Å². The number of hydrogen-bond donors (Lipinski definition) is 4. The average molecular weight is 482 g/mol. The van der Waals surface area contributed by atoms with Crippen LogP contribution in [0.15, 0.2) is 30.7 Å². The van der Waals surface area contributed by atoms with Gasteiger partial charge in [-0.25, -0.2) is 14.5 Å². The highest BCUT2D eigenvalue weighted by molar-refractivity contribution is 6.05. The first-order chi connectivity index (χ1) is 16.7. The maximum Gasteiger partial charge on any atom is 0.253 e. The van der Waals surface area contributed by atoms with Gasteiger partial charge in [0, 0.05) is 29.9 Å². The summed E-state index contributed by atoms with van der Waals surface area (Å²) in [7, 11) is 1.54. The van der Waals surface area contributed by atoms with Gasteiger partial charge in [-0.15, -0.1) is 0 Å². The van der Waals surface area contributed by atoms with Crippen LogP contribution >= 0.6 is 0 Å². The van der Waals surface area contributed by atoms with Crippen molar-refractivity contribution >= 4 is 23.1 Å². The summed E-state index contributed by atoms with van der Waals surface area (Å²) in [6.45, 7) is 3.21. The quantitative estimate of drug-likeness (QED) is 0.396. The molecule has 1 aliphatic rings. The van der Waals surface area contributed by atoms with Crippen LogP contribution in [0.4, 0.5) is 5.82 Å². The van der Waals surface area contributed by atoms with E-state index in [-0.39, 0.29) is 36.3 Å². The number of anilines is 1. The zero-order chi connectivity index (χ0) is 25.2. The number of aliphatic hydroxyl groups is 1. The highest BCUT2D eigenvalue weighted by Crippen LogP contribution is 2.29. The number of rotatable bonds is 7. The number of fused-ring (bicyclic) bond motifs is 1. The Morgan fingerprint density at radius 2 is 1.86 bits per heavy atom. The number of aromatic nitrogens is 4. The molecule has 1 saturated carbocycles. The molecule has 0 spiro atoms. The summed E-state index contributed by atoms with van der Waals surface area (Å²) in [4.78, 5) is 33.9. The van der Waals surface area contributed by atoms with Crippen LogP contribution in [0.1, 0.15) is 49.9 Å². The van der Waals surface area contributed by atoms with Gasteiger partial charge in [0.25, 0.3) is 5.91 Å². The number of nitrogen functional groups attached to an aromatic ring is 1. The smallest absolute Gasteiger partial charge is 0.253 e. The van der Waals surface area contributed by atoms with E-state index < -0.39 is 5.41 Å². The van der Waals surface area contributed by atoms with E-state index in [1.807, 2.05) is 0 Å². The van der Waals surface area contributed by atoms with Crippen molar-refractivity contribution < 1.29 is 19.4 Å². The third kappa shape index (κ3) is 5.04. The number of nitrogens with two attached hydrogens (primary N) is 1. The van der Waals surface area contributed by atoms with Crippen molar-refractivity contribution in [1.82, 2.24) is 30.2 Å². The Hall–Kier alpha value is -3.73. The van der Waals surface area contributed by atoms with Gasteiger partial charge in [0.2, 0.25) is 11.8 Å². The van der Waals surface area contributed by atoms with Crippen molar-refractivity contribution in [3.05, 3.63) is 36.3 Å². The Morgan fingerprint density at radius 3 is 2.51 bits per heavy atom. The fourth-order valence-electron chi connectivity index (χ4n) is 4.22. The number of nitrogens with zero attached hydrogens (tertiary/aromatic N) is 4. The molecule has 3 aromatic rings. The lowest BCUT2D eigenvalue weighted by molar-refractivity contribution is -0.132. The summed E-state index contributed by atoms with van der Waals surface area (Å²) in [6, 6.07) is 5.29. The van der Waals surface area contributed by atoms with Crippen LogP contribution in [0.3, 0.4) is 0 Å². The lowest BCUT2D eigenvalue weighted by Gasteiger charge is -2.32. The van der Waals surface area contributed by atoms with E-state index >= 15 is 0 Å². The second-order valence-electron chi connectivity index (χ2n) is 9.47. The van der Waals surface area contributed by atoms with Crippen molar-refractivity contribution in [1.29, 1.82) is 0 Å². The first-order valence-electron chi connectivity index (χ1n) is 11.6. The number of hydrogen-bond acceptors (Lipinski definition) is 8. The highest BCUT2D eigenvalue weighted by Gasteiger charge is 2.31. The maximum atomic E-state index is 13.3. The third-order valence-corrected chi connectivity index (χ3v) is 6.47. The zero-order valence-electron chi connectivity index (χ0n) is 20.1. The summed E-state index contributed by atoms with van der Waals surface area (Å²) >= 11 is 0. The Morgan fingerprint density at radius 1 is 1.17 bits per heavy atom. The molecule has 0 saturated heterocycles. The van der Waals surface area contributed by atoms with E-state index in [1.165, 1.54) is 13.4 Å². The molecule has 11 heteroatoms. The molecule has 0 unspecified atom stereocenters. The fraction of sp³-hybridized carbons (Fsp3) is 0.458. The Labute approximate surface area is 203 Å². The van der Waals surface area contributed by atoms with Crippen molar-refractivity contribution in [3.8, 4) is 17.1 Å². The zero-order valence-corrected chi connectivity index (χ0v) is 20.1. The van der Waals surface area contributed by atoms with Crippen molar-refractivity contribution in [2.45, 2.75) is 51.6 Å². The lowest BCUT2D eigenvalue weighted by Crippen LogP contribution is -2.48. The number of carbonyl (C=O) groups is 2. The fourth-order valence-corrected chi connectivity index (χ4v) is 4.22. The second-order valence-corrected chi connectivity index (χ2v) is 9.47. The molecule has 0 aromatic carbocycles. The average Bonchev–Trinajstić information content (AvgIpc) is 3.26. The number of aliphatic hydroxyl groups excluding tert-OH is 1. The van der Waals surface area contributed by atoms with Crippen LogP contribution in [0, 0.1) is 5.41 Å². The summed E-state index contributed by atoms with van der Waals surface area (Å²) < 4.78 is 6.83. The minimum Gasteiger partial charge on any atom is -0.481 e. The molecule has 3 heterocycles. The first kappa shape index (κ1) is 24.4. The Bertz CT molecular complexity index is 1230. The number of methoxy groups -OCH3 is 1. The van der Waals surface area contributed by atoms with E-state index in [0.717, 1.165) is 31.2 Å². The molecule has 0 radical (unpaired) electrons. The number of nitrogens with one attached hydrogen (secondary N) is 2. The molecular formula is C24H31N7O4. The minimum absolute atomic E-state index is 0.0223. The third-order valence-electron chi connectivity index (χ3n) is 6.47. The van der Waals surface area contributed by atoms with Crippen LogP contribution in [0.2, 0.25) is 0 Å². The van der Waals surface area contributed by atoms with Gasteiger partial charge in [-0.2, -0.15) is 5.10 Å². The molecule has 4 rings (SSSR count). The van der Waals surface area contributed by atoms with Gasteiger partial charge in [0.05, 0.1) is 30.4 Å². The Kier molecular flexibility index (Phi) is 6.88. The van der Waals surface area contributed by atoms with Crippen molar-refractivity contribution in [3.63, 3.8) is 0 Å². The molecule has 1 fully saturated rings. The van der Waals surface area contributed by atoms with Gasteiger partial charge in [-0.3, -0.25) is 9.59 Å². The second kappa shape index (κ2) is 9.87. The minimum atomic E-state index is -0.819. The van der Waals surface area contributed by atoms with Crippen LogP contribution in [-0.2, 0) is 4.79 Å². The van der Waals surface area contributed by atoms with Gasteiger partial charge in [0.15, 0.2) is 5.82 Å². The summed E-state index contributed by atoms with van der Waals surface area (Å²) in [5, 5.41) is 19.8. The summed E-state index contributed by atoms with van der Waals surface area (Å²) in [5.74, 6) is 0.223. The molecule has 5 N–H and O–H groups in total. The van der Waals surface area contributed by atoms with Crippen LogP contribution in [0.5, 0.6) is 5.88 Å². The van der Waals surface area contributed by atoms with Gasteiger partial charge in [-0.1, -0.05) is 0 Å². The molecule has 11 nitrogen and oxygen atoms in total. The first-order valence-corrected chi connectivity index (χ1v) is 11.6. The standard InChI is InChI=1S/C24H31N7O4/c1-24(2,12-32)23(34)30-16-6-4-15(5-7-16)29-22(33)17-11-18(14-8-9-26-19(10-14)35-3)31-20(17)21(25)27-13-28-31/h8-11,13,15-16,32H,4-7,12H2,1-3H3,(H,29,33)(H,30,34)(H2,25,27,28)/t15-,16-. The normalized spacial score (nSPS) is 18.3. The predicted molar refractivity (Wildman–Crippen MR) is 130 cm³/mol. The molecule has 1 aliphatic carbocycles. The van der Waals surface area contributed by atoms with Crippen LogP contribution in [0.25, 0.3) is 16.8 Å². The number of ether oxygens (including phenoxy) is 1. The van der Waals surface area contributed by atoms with Gasteiger partial charge >= 0.3 is 0 Å². The molecule has 0 bridgehead atoms. The summed E-state index contributed by atoms with van der Waals surface area (Å²) in [6.07, 6.45) is 5.89. The molecule has 186 valence electrons. The van der Waals surface area contributed by atoms with Gasteiger partial charge < -0.3 is 26.2 Å².